The molecule has 1 saturated heterocycles. The van der Waals surface area contributed by atoms with Crippen LogP contribution in [0.5, 0.6) is 5.75 Å². The van der Waals surface area contributed by atoms with Crippen LogP contribution >= 0.6 is 0 Å². The van der Waals surface area contributed by atoms with Gasteiger partial charge in [0.15, 0.2) is 0 Å². The summed E-state index contributed by atoms with van der Waals surface area (Å²) in [5, 5.41) is 10.8. The first-order valence-corrected chi connectivity index (χ1v) is 10.0. The van der Waals surface area contributed by atoms with Crippen molar-refractivity contribution in [2.75, 3.05) is 32.9 Å². The largest absolute Gasteiger partial charge is 0.492 e. The normalized spacial score (nSPS) is 15.5. The van der Waals surface area contributed by atoms with E-state index < -0.39 is 5.97 Å². The zero-order valence-electron chi connectivity index (χ0n) is 16.5. The number of nitrogens with zero attached hydrogens (tertiary/aromatic N) is 1. The molecule has 2 aromatic carbocycles. The van der Waals surface area contributed by atoms with E-state index in [9.17, 15) is 9.59 Å². The summed E-state index contributed by atoms with van der Waals surface area (Å²) >= 11 is 0. The molecule has 1 aliphatic heterocycles. The molecule has 1 atom stereocenters. The number of aliphatic carboxylic acids is 1. The molecular formula is C23H27NO5. The molecule has 2 aromatic rings. The average Bonchev–Trinajstić information content (AvgIpc) is 2.75. The monoisotopic (exact) mass is 397 g/mol. The fraction of sp³-hybridized carbons (Fsp3) is 0.391. The summed E-state index contributed by atoms with van der Waals surface area (Å²) in [5.74, 6) is -0.375. The fourth-order valence-electron chi connectivity index (χ4n) is 3.50. The van der Waals surface area contributed by atoms with Gasteiger partial charge in [0, 0.05) is 24.6 Å². The Hall–Kier alpha value is -2.86. The smallest absolute Gasteiger partial charge is 0.327 e. The van der Waals surface area contributed by atoms with Crippen LogP contribution in [0.2, 0.25) is 0 Å². The van der Waals surface area contributed by atoms with Crippen LogP contribution in [0.15, 0.2) is 54.6 Å². The maximum atomic E-state index is 13.0. The summed E-state index contributed by atoms with van der Waals surface area (Å²) < 4.78 is 11.5. The van der Waals surface area contributed by atoms with Gasteiger partial charge in [0.2, 0.25) is 5.91 Å². The Kier molecular flexibility index (Phi) is 7.64. The average molecular weight is 397 g/mol. The van der Waals surface area contributed by atoms with Gasteiger partial charge in [0.1, 0.15) is 5.75 Å². The molecule has 1 aliphatic rings. The predicted octanol–water partition coefficient (Wildman–Crippen LogP) is 3.50. The third-order valence-corrected chi connectivity index (χ3v) is 5.05. The van der Waals surface area contributed by atoms with Gasteiger partial charge in [0.05, 0.1) is 25.7 Å². The van der Waals surface area contributed by atoms with Gasteiger partial charge in [-0.25, -0.2) is 4.79 Å². The second kappa shape index (κ2) is 10.6. The Labute approximate surface area is 170 Å². The van der Waals surface area contributed by atoms with Gasteiger partial charge in [0.25, 0.3) is 0 Å². The lowest BCUT2D eigenvalue weighted by Gasteiger charge is -2.30. The Morgan fingerprint density at radius 1 is 1.14 bits per heavy atom. The number of carbonyl (C=O) groups is 2. The molecule has 0 radical (unpaired) electrons. The second-order valence-corrected chi connectivity index (χ2v) is 7.09. The molecule has 0 saturated carbocycles. The Balaban J connectivity index is 1.66. The van der Waals surface area contributed by atoms with Gasteiger partial charge in [-0.15, -0.1) is 0 Å². The number of rotatable bonds is 9. The van der Waals surface area contributed by atoms with Crippen molar-refractivity contribution in [2.24, 2.45) is 5.92 Å². The van der Waals surface area contributed by atoms with E-state index in [0.717, 1.165) is 29.0 Å². The molecule has 1 N–H and O–H groups in total. The van der Waals surface area contributed by atoms with Gasteiger partial charge in [-0.2, -0.15) is 0 Å². The van der Waals surface area contributed by atoms with Crippen molar-refractivity contribution >= 4 is 22.6 Å². The van der Waals surface area contributed by atoms with Crippen LogP contribution in [0, 0.1) is 5.92 Å². The first-order chi connectivity index (χ1) is 14.1. The third-order valence-electron chi connectivity index (χ3n) is 5.05. The van der Waals surface area contributed by atoms with Crippen LogP contribution in [0.3, 0.4) is 0 Å². The Morgan fingerprint density at radius 2 is 1.90 bits per heavy atom. The van der Waals surface area contributed by atoms with E-state index in [1.165, 1.54) is 0 Å². The molecule has 0 aromatic heterocycles. The maximum Gasteiger partial charge on any atom is 0.327 e. The number of ether oxygens (including phenoxy) is 2. The van der Waals surface area contributed by atoms with E-state index >= 15 is 0 Å². The van der Waals surface area contributed by atoms with Crippen molar-refractivity contribution < 1.29 is 24.2 Å². The summed E-state index contributed by atoms with van der Waals surface area (Å²) in [6, 6.07) is 13.9. The molecule has 0 bridgehead atoms. The van der Waals surface area contributed by atoms with Crippen molar-refractivity contribution in [2.45, 2.75) is 19.3 Å². The minimum absolute atomic E-state index is 0.0794. The maximum absolute atomic E-state index is 13.0. The third kappa shape index (κ3) is 6.06. The van der Waals surface area contributed by atoms with Crippen LogP contribution in [-0.4, -0.2) is 54.8 Å². The second-order valence-electron chi connectivity index (χ2n) is 7.09. The van der Waals surface area contributed by atoms with Gasteiger partial charge >= 0.3 is 5.97 Å². The number of allylic oxidation sites excluding steroid dienone is 1. The van der Waals surface area contributed by atoms with E-state index in [2.05, 4.69) is 0 Å². The predicted molar refractivity (Wildman–Crippen MR) is 111 cm³/mol. The number of fused-ring (bicyclic) bond motifs is 1. The number of hydrogen-bond donors (Lipinski definition) is 1. The minimum atomic E-state index is -0.953. The van der Waals surface area contributed by atoms with Crippen LogP contribution < -0.4 is 4.74 Å². The molecule has 154 valence electrons. The summed E-state index contributed by atoms with van der Waals surface area (Å²) in [6.45, 7) is 2.62. The topological polar surface area (TPSA) is 76.1 Å². The number of benzene rings is 2. The summed E-state index contributed by atoms with van der Waals surface area (Å²) in [6.07, 6.45) is 4.76. The van der Waals surface area contributed by atoms with E-state index in [-0.39, 0.29) is 11.8 Å². The molecule has 1 fully saturated rings. The zero-order chi connectivity index (χ0) is 20.5. The summed E-state index contributed by atoms with van der Waals surface area (Å²) in [5.41, 5.74) is 0. The highest BCUT2D eigenvalue weighted by atomic mass is 16.5. The quantitative estimate of drug-likeness (QED) is 0.518. The van der Waals surface area contributed by atoms with E-state index in [1.54, 1.807) is 6.08 Å². The number of carboxylic acid groups (broad SMARTS) is 1. The number of carbonyl (C=O) groups excluding carboxylic acids is 1. The molecule has 6 nitrogen and oxygen atoms in total. The van der Waals surface area contributed by atoms with Crippen LogP contribution in [-0.2, 0) is 14.3 Å². The Bertz CT molecular complexity index is 852. The Morgan fingerprint density at radius 3 is 2.69 bits per heavy atom. The summed E-state index contributed by atoms with van der Waals surface area (Å²) in [4.78, 5) is 25.5. The number of amides is 1. The highest BCUT2D eigenvalue weighted by molar-refractivity contribution is 5.88. The molecule has 3 rings (SSSR count). The lowest BCUT2D eigenvalue weighted by Crippen LogP contribution is -2.45. The number of unbranched alkanes of at least 4 members (excludes halogenated alkanes) is 1. The van der Waals surface area contributed by atoms with Crippen LogP contribution in [0.4, 0.5) is 0 Å². The van der Waals surface area contributed by atoms with Crippen LogP contribution in [0.1, 0.15) is 19.3 Å². The molecule has 0 spiro atoms. The lowest BCUT2D eigenvalue weighted by molar-refractivity contribution is -0.141. The minimum Gasteiger partial charge on any atom is -0.492 e. The standard InChI is InChI=1S/C23H27NO5/c25-22(26)12-3-1-2-8-19(23(27)24-13-15-28-16-14-24)17-29-21-11-6-9-18-7-4-5-10-20(18)21/h3-7,9-12,19H,1-2,8,13-17H2,(H,25,26)/b12-3+. The molecular weight excluding hydrogens is 370 g/mol. The van der Waals surface area contributed by atoms with Crippen molar-refractivity contribution in [1.82, 2.24) is 4.90 Å². The first kappa shape index (κ1) is 20.9. The SMILES string of the molecule is O=C(O)/C=C/CCCC(COc1cccc2ccccc12)C(=O)N1CCOCC1. The van der Waals surface area contributed by atoms with Crippen LogP contribution in [0.25, 0.3) is 10.8 Å². The highest BCUT2D eigenvalue weighted by Crippen LogP contribution is 2.26. The van der Waals surface area contributed by atoms with Crippen molar-refractivity contribution in [1.29, 1.82) is 0 Å². The van der Waals surface area contributed by atoms with E-state index in [1.807, 2.05) is 47.4 Å². The van der Waals surface area contributed by atoms with Gasteiger partial charge in [-0.05, 0) is 30.7 Å². The first-order valence-electron chi connectivity index (χ1n) is 10.0. The molecule has 1 unspecified atom stereocenters. The van der Waals surface area contributed by atoms with Gasteiger partial charge < -0.3 is 19.5 Å². The summed E-state index contributed by atoms with van der Waals surface area (Å²) in [7, 11) is 0. The van der Waals surface area contributed by atoms with E-state index in [4.69, 9.17) is 14.6 Å². The molecule has 29 heavy (non-hydrogen) atoms. The zero-order valence-corrected chi connectivity index (χ0v) is 16.5. The number of morpholine rings is 1. The van der Waals surface area contributed by atoms with Crippen molar-refractivity contribution in [3.8, 4) is 5.75 Å². The number of hydrogen-bond acceptors (Lipinski definition) is 4. The van der Waals surface area contributed by atoms with Gasteiger partial charge in [-0.3, -0.25) is 4.79 Å². The molecule has 6 heteroatoms. The van der Waals surface area contributed by atoms with E-state index in [0.29, 0.717) is 45.8 Å². The lowest BCUT2D eigenvalue weighted by atomic mass is 10.0. The molecule has 1 amide bonds. The highest BCUT2D eigenvalue weighted by Gasteiger charge is 2.26. The van der Waals surface area contributed by atoms with Crippen molar-refractivity contribution in [3.05, 3.63) is 54.6 Å². The van der Waals surface area contributed by atoms with Gasteiger partial charge in [-0.1, -0.05) is 42.5 Å². The van der Waals surface area contributed by atoms with Crippen molar-refractivity contribution in [3.63, 3.8) is 0 Å². The molecule has 1 heterocycles. The number of carboxylic acids is 1. The fourth-order valence-corrected chi connectivity index (χ4v) is 3.50. The molecule has 0 aliphatic carbocycles.